The van der Waals surface area contributed by atoms with E-state index >= 15 is 0 Å². The summed E-state index contributed by atoms with van der Waals surface area (Å²) in [5, 5.41) is 0. The predicted octanol–water partition coefficient (Wildman–Crippen LogP) is 3.67. The molecule has 2 N–H and O–H groups in total. The van der Waals surface area contributed by atoms with E-state index in [1.165, 1.54) is 0 Å². The van der Waals surface area contributed by atoms with Gasteiger partial charge in [0.1, 0.15) is 4.99 Å². The summed E-state index contributed by atoms with van der Waals surface area (Å²) in [5.41, 5.74) is 8.86. The van der Waals surface area contributed by atoms with Gasteiger partial charge >= 0.3 is 0 Å². The number of halogens is 1. The molecule has 0 heterocycles. The molecule has 5 heteroatoms. The zero-order chi connectivity index (χ0) is 15.6. The van der Waals surface area contributed by atoms with E-state index in [1.54, 1.807) is 11.9 Å². The summed E-state index contributed by atoms with van der Waals surface area (Å²) in [6.45, 7) is 1.98. The Hall–Kier alpha value is -1.72. The van der Waals surface area contributed by atoms with Crippen LogP contribution in [0.2, 0.25) is 0 Å². The van der Waals surface area contributed by atoms with Crippen LogP contribution in [0.1, 0.15) is 21.5 Å². The highest BCUT2D eigenvalue weighted by Crippen LogP contribution is 2.22. The van der Waals surface area contributed by atoms with E-state index in [9.17, 15) is 4.79 Å². The van der Waals surface area contributed by atoms with E-state index in [2.05, 4.69) is 15.9 Å². The second-order valence-corrected chi connectivity index (χ2v) is 6.05. The zero-order valence-corrected chi connectivity index (χ0v) is 14.2. The first-order valence-corrected chi connectivity index (χ1v) is 7.54. The Morgan fingerprint density at radius 2 is 1.81 bits per heavy atom. The molecule has 0 radical (unpaired) electrons. The Bertz CT molecular complexity index is 698. The van der Waals surface area contributed by atoms with E-state index in [0.717, 1.165) is 21.3 Å². The summed E-state index contributed by atoms with van der Waals surface area (Å²) in [6, 6.07) is 12.9. The minimum absolute atomic E-state index is 0.0787. The maximum atomic E-state index is 12.5. The van der Waals surface area contributed by atoms with Crippen molar-refractivity contribution < 1.29 is 4.79 Å². The van der Waals surface area contributed by atoms with Crippen molar-refractivity contribution in [3.8, 4) is 0 Å². The molecule has 0 aliphatic rings. The minimum atomic E-state index is -0.0787. The van der Waals surface area contributed by atoms with Gasteiger partial charge in [-0.3, -0.25) is 4.79 Å². The van der Waals surface area contributed by atoms with Crippen LogP contribution in [0.15, 0.2) is 46.9 Å². The van der Waals surface area contributed by atoms with Crippen LogP contribution in [0, 0.1) is 6.92 Å². The van der Waals surface area contributed by atoms with Crippen LogP contribution in [0.25, 0.3) is 0 Å². The van der Waals surface area contributed by atoms with Gasteiger partial charge in [-0.1, -0.05) is 18.3 Å². The van der Waals surface area contributed by atoms with Gasteiger partial charge < -0.3 is 10.6 Å². The van der Waals surface area contributed by atoms with E-state index < -0.39 is 0 Å². The van der Waals surface area contributed by atoms with Crippen molar-refractivity contribution in [2.45, 2.75) is 6.92 Å². The molecule has 0 unspecified atom stereocenters. The quantitative estimate of drug-likeness (QED) is 0.847. The SMILES string of the molecule is Cc1ccc(C(=O)N(C)c2ccc(C(N)=S)cc2)c(Br)c1. The van der Waals surface area contributed by atoms with Crippen LogP contribution in [-0.2, 0) is 0 Å². The lowest BCUT2D eigenvalue weighted by Gasteiger charge is -2.18. The van der Waals surface area contributed by atoms with Crippen LogP contribution < -0.4 is 10.6 Å². The fraction of sp³-hybridized carbons (Fsp3) is 0.125. The van der Waals surface area contributed by atoms with Gasteiger partial charge in [-0.05, 0) is 64.8 Å². The molecule has 2 rings (SSSR count). The Kier molecular flexibility index (Phi) is 4.75. The van der Waals surface area contributed by atoms with Crippen molar-refractivity contribution in [1.82, 2.24) is 0 Å². The predicted molar refractivity (Wildman–Crippen MR) is 93.9 cm³/mol. The molecule has 0 aromatic heterocycles. The molecule has 0 saturated carbocycles. The van der Waals surface area contributed by atoms with Gasteiger partial charge in [0, 0.05) is 22.8 Å². The fourth-order valence-corrected chi connectivity index (χ4v) is 2.74. The van der Waals surface area contributed by atoms with Crippen molar-refractivity contribution in [2.75, 3.05) is 11.9 Å². The first kappa shape index (κ1) is 15.7. The first-order chi connectivity index (χ1) is 9.90. The molecule has 0 aliphatic heterocycles. The van der Waals surface area contributed by atoms with Gasteiger partial charge in [0.25, 0.3) is 5.91 Å². The second-order valence-electron chi connectivity index (χ2n) is 4.76. The molecule has 3 nitrogen and oxygen atoms in total. The topological polar surface area (TPSA) is 46.3 Å². The molecule has 21 heavy (non-hydrogen) atoms. The molecular weight excluding hydrogens is 348 g/mol. The molecule has 2 aromatic rings. The van der Waals surface area contributed by atoms with Gasteiger partial charge in [-0.25, -0.2) is 0 Å². The fourth-order valence-electron chi connectivity index (χ4n) is 1.94. The number of amides is 1. The number of carbonyl (C=O) groups excluding carboxylic acids is 1. The maximum Gasteiger partial charge on any atom is 0.259 e. The number of aryl methyl sites for hydroxylation is 1. The third-order valence-electron chi connectivity index (χ3n) is 3.20. The molecule has 1 amide bonds. The third kappa shape index (κ3) is 3.49. The Balaban J connectivity index is 2.28. The summed E-state index contributed by atoms with van der Waals surface area (Å²) >= 11 is 8.36. The summed E-state index contributed by atoms with van der Waals surface area (Å²) < 4.78 is 0.791. The van der Waals surface area contributed by atoms with Crippen molar-refractivity contribution in [3.63, 3.8) is 0 Å². The minimum Gasteiger partial charge on any atom is -0.389 e. The second kappa shape index (κ2) is 6.37. The van der Waals surface area contributed by atoms with Crippen molar-refractivity contribution >= 4 is 44.7 Å². The molecule has 0 bridgehead atoms. The van der Waals surface area contributed by atoms with Crippen LogP contribution in [0.5, 0.6) is 0 Å². The molecule has 0 fully saturated rings. The number of rotatable bonds is 3. The molecule has 0 saturated heterocycles. The van der Waals surface area contributed by atoms with Gasteiger partial charge in [-0.2, -0.15) is 0 Å². The van der Waals surface area contributed by atoms with Crippen LogP contribution in [0.3, 0.4) is 0 Å². The largest absolute Gasteiger partial charge is 0.389 e. The highest BCUT2D eigenvalue weighted by Gasteiger charge is 2.16. The summed E-state index contributed by atoms with van der Waals surface area (Å²) in [4.78, 5) is 14.5. The molecular formula is C16H15BrN2OS. The van der Waals surface area contributed by atoms with E-state index in [1.807, 2.05) is 49.4 Å². The summed E-state index contributed by atoms with van der Waals surface area (Å²) in [7, 11) is 1.74. The maximum absolute atomic E-state index is 12.5. The number of carbonyl (C=O) groups is 1. The van der Waals surface area contributed by atoms with E-state index in [4.69, 9.17) is 18.0 Å². The van der Waals surface area contributed by atoms with Crippen molar-refractivity contribution in [2.24, 2.45) is 5.73 Å². The standard InChI is InChI=1S/C16H15BrN2OS/c1-10-3-8-13(14(17)9-10)16(20)19(2)12-6-4-11(5-7-12)15(18)21/h3-9H,1-2H3,(H2,18,21). The monoisotopic (exact) mass is 362 g/mol. The number of nitrogens with two attached hydrogens (primary N) is 1. The van der Waals surface area contributed by atoms with Crippen molar-refractivity contribution in [1.29, 1.82) is 0 Å². The molecule has 0 aliphatic carbocycles. The van der Waals surface area contributed by atoms with Crippen LogP contribution in [0.4, 0.5) is 5.69 Å². The number of benzene rings is 2. The van der Waals surface area contributed by atoms with E-state index in [-0.39, 0.29) is 5.91 Å². The lowest BCUT2D eigenvalue weighted by atomic mass is 10.1. The van der Waals surface area contributed by atoms with Crippen molar-refractivity contribution in [3.05, 3.63) is 63.6 Å². The molecule has 2 aromatic carbocycles. The zero-order valence-electron chi connectivity index (χ0n) is 11.8. The number of nitrogens with zero attached hydrogens (tertiary/aromatic N) is 1. The third-order valence-corrected chi connectivity index (χ3v) is 4.09. The van der Waals surface area contributed by atoms with E-state index in [0.29, 0.717) is 10.6 Å². The lowest BCUT2D eigenvalue weighted by molar-refractivity contribution is 0.0992. The van der Waals surface area contributed by atoms with Crippen LogP contribution in [-0.4, -0.2) is 17.9 Å². The van der Waals surface area contributed by atoms with Gasteiger partial charge in [0.05, 0.1) is 5.56 Å². The molecule has 0 atom stereocenters. The average Bonchev–Trinajstić information content (AvgIpc) is 2.46. The molecule has 108 valence electrons. The van der Waals surface area contributed by atoms with Crippen LogP contribution >= 0.6 is 28.1 Å². The number of thiocarbonyl (C=S) groups is 1. The first-order valence-electron chi connectivity index (χ1n) is 6.34. The number of hydrogen-bond donors (Lipinski definition) is 1. The smallest absolute Gasteiger partial charge is 0.259 e. The highest BCUT2D eigenvalue weighted by molar-refractivity contribution is 9.10. The molecule has 0 spiro atoms. The summed E-state index contributed by atoms with van der Waals surface area (Å²) in [5.74, 6) is -0.0787. The highest BCUT2D eigenvalue weighted by atomic mass is 79.9. The van der Waals surface area contributed by atoms with Gasteiger partial charge in [0.15, 0.2) is 0 Å². The normalized spacial score (nSPS) is 10.2. The van der Waals surface area contributed by atoms with Gasteiger partial charge in [-0.15, -0.1) is 0 Å². The Morgan fingerprint density at radius 3 is 2.33 bits per heavy atom. The Morgan fingerprint density at radius 1 is 1.19 bits per heavy atom. The lowest BCUT2D eigenvalue weighted by Crippen LogP contribution is -2.26. The van der Waals surface area contributed by atoms with Gasteiger partial charge in [0.2, 0.25) is 0 Å². The Labute approximate surface area is 137 Å². The summed E-state index contributed by atoms with van der Waals surface area (Å²) in [6.07, 6.45) is 0. The number of anilines is 1. The average molecular weight is 363 g/mol. The number of hydrogen-bond acceptors (Lipinski definition) is 2.